The van der Waals surface area contributed by atoms with Crippen LogP contribution in [0.3, 0.4) is 0 Å². The summed E-state index contributed by atoms with van der Waals surface area (Å²) in [6.45, 7) is 5.15. The van der Waals surface area contributed by atoms with Gasteiger partial charge in [-0.05, 0) is 50.0 Å². The third-order valence-electron chi connectivity index (χ3n) is 6.46. The fraction of sp³-hybridized carbons (Fsp3) is 0.619. The second-order valence-electron chi connectivity index (χ2n) is 8.55. The number of hydrogen-bond donors (Lipinski definition) is 1. The molecule has 1 aromatic carbocycles. The highest BCUT2D eigenvalue weighted by atomic mass is 16.4. The zero-order valence-corrected chi connectivity index (χ0v) is 15.5. The monoisotopic (exact) mass is 356 g/mol. The maximum absolute atomic E-state index is 12.3. The van der Waals surface area contributed by atoms with Gasteiger partial charge in [0.05, 0.1) is 0 Å². The molecule has 1 unspecified atom stereocenters. The van der Waals surface area contributed by atoms with Gasteiger partial charge >= 0.3 is 5.97 Å². The Morgan fingerprint density at radius 1 is 1.15 bits per heavy atom. The van der Waals surface area contributed by atoms with Gasteiger partial charge in [0.2, 0.25) is 5.91 Å². The highest BCUT2D eigenvalue weighted by Gasteiger charge is 2.49. The summed E-state index contributed by atoms with van der Waals surface area (Å²) < 4.78 is 0. The molecule has 5 heteroatoms. The van der Waals surface area contributed by atoms with Crippen molar-refractivity contribution in [1.29, 1.82) is 0 Å². The number of benzene rings is 1. The molecule has 4 rings (SSSR count). The van der Waals surface area contributed by atoms with Crippen molar-refractivity contribution in [1.82, 2.24) is 9.80 Å². The van der Waals surface area contributed by atoms with Gasteiger partial charge in [0, 0.05) is 32.1 Å². The minimum absolute atomic E-state index is 0.0497. The molecule has 1 amide bonds. The smallest absolute Gasteiger partial charge is 0.320 e. The first-order valence-corrected chi connectivity index (χ1v) is 9.77. The lowest BCUT2D eigenvalue weighted by Gasteiger charge is -2.39. The minimum atomic E-state index is -0.717. The highest BCUT2D eigenvalue weighted by Crippen LogP contribution is 2.45. The van der Waals surface area contributed by atoms with Crippen molar-refractivity contribution in [2.24, 2.45) is 11.3 Å². The Morgan fingerprint density at radius 2 is 1.81 bits per heavy atom. The molecule has 1 atom stereocenters. The Bertz CT molecular complexity index is 688. The van der Waals surface area contributed by atoms with Gasteiger partial charge in [-0.25, -0.2) is 0 Å². The first-order chi connectivity index (χ1) is 12.5. The van der Waals surface area contributed by atoms with Gasteiger partial charge in [0.25, 0.3) is 0 Å². The van der Waals surface area contributed by atoms with E-state index < -0.39 is 12.0 Å². The van der Waals surface area contributed by atoms with Crippen LogP contribution in [0, 0.1) is 18.3 Å². The van der Waals surface area contributed by atoms with Gasteiger partial charge in [-0.2, -0.15) is 0 Å². The predicted molar refractivity (Wildman–Crippen MR) is 98.6 cm³/mol. The van der Waals surface area contributed by atoms with E-state index in [9.17, 15) is 14.7 Å². The third kappa shape index (κ3) is 3.50. The SMILES string of the molecule is Cc1ccc(CN2CC3(CCN(C(=O)C4CC4)CC3)CC2C(=O)O)cc1. The fourth-order valence-electron chi connectivity index (χ4n) is 4.63. The van der Waals surface area contributed by atoms with Crippen molar-refractivity contribution in [2.45, 2.75) is 51.6 Å². The van der Waals surface area contributed by atoms with Gasteiger partial charge in [-0.1, -0.05) is 29.8 Å². The average Bonchev–Trinajstić information content (AvgIpc) is 3.41. The Balaban J connectivity index is 1.43. The third-order valence-corrected chi connectivity index (χ3v) is 6.46. The normalized spacial score (nSPS) is 25.6. The molecule has 5 nitrogen and oxygen atoms in total. The zero-order chi connectivity index (χ0) is 18.3. The average molecular weight is 356 g/mol. The molecule has 1 spiro atoms. The molecule has 2 heterocycles. The van der Waals surface area contributed by atoms with Gasteiger partial charge in [0.1, 0.15) is 6.04 Å². The minimum Gasteiger partial charge on any atom is -0.480 e. The zero-order valence-electron chi connectivity index (χ0n) is 15.5. The number of amides is 1. The number of carbonyl (C=O) groups is 2. The van der Waals surface area contributed by atoms with Crippen LogP contribution >= 0.6 is 0 Å². The van der Waals surface area contributed by atoms with Crippen LogP contribution < -0.4 is 0 Å². The van der Waals surface area contributed by atoms with Crippen LogP contribution in [0.15, 0.2) is 24.3 Å². The van der Waals surface area contributed by atoms with Crippen molar-refractivity contribution in [3.63, 3.8) is 0 Å². The van der Waals surface area contributed by atoms with Crippen molar-refractivity contribution in [3.05, 3.63) is 35.4 Å². The van der Waals surface area contributed by atoms with E-state index in [0.717, 1.165) is 45.3 Å². The molecule has 2 aliphatic heterocycles. The molecule has 1 aliphatic carbocycles. The van der Waals surface area contributed by atoms with E-state index in [4.69, 9.17) is 0 Å². The van der Waals surface area contributed by atoms with Crippen LogP contribution in [-0.4, -0.2) is 52.5 Å². The number of rotatable bonds is 4. The van der Waals surface area contributed by atoms with Gasteiger partial charge in [0.15, 0.2) is 0 Å². The van der Waals surface area contributed by atoms with Crippen LogP contribution in [0.25, 0.3) is 0 Å². The second kappa shape index (κ2) is 6.69. The molecule has 26 heavy (non-hydrogen) atoms. The molecule has 3 fully saturated rings. The highest BCUT2D eigenvalue weighted by molar-refractivity contribution is 5.81. The summed E-state index contributed by atoms with van der Waals surface area (Å²) in [5.41, 5.74) is 2.43. The van der Waals surface area contributed by atoms with E-state index in [-0.39, 0.29) is 11.3 Å². The largest absolute Gasteiger partial charge is 0.480 e. The van der Waals surface area contributed by atoms with E-state index in [2.05, 4.69) is 36.1 Å². The fourth-order valence-corrected chi connectivity index (χ4v) is 4.63. The Morgan fingerprint density at radius 3 is 2.38 bits per heavy atom. The number of carbonyl (C=O) groups excluding carboxylic acids is 1. The number of carboxylic acids is 1. The van der Waals surface area contributed by atoms with E-state index >= 15 is 0 Å². The number of nitrogens with zero attached hydrogens (tertiary/aromatic N) is 2. The molecular weight excluding hydrogens is 328 g/mol. The lowest BCUT2D eigenvalue weighted by molar-refractivity contribution is -0.142. The molecule has 3 aliphatic rings. The molecule has 1 aromatic rings. The molecular formula is C21H28N2O3. The topological polar surface area (TPSA) is 60.9 Å². The van der Waals surface area contributed by atoms with Crippen LogP contribution in [0.1, 0.15) is 43.2 Å². The summed E-state index contributed by atoms with van der Waals surface area (Å²) in [6.07, 6.45) is 4.66. The first-order valence-electron chi connectivity index (χ1n) is 9.77. The molecule has 0 bridgehead atoms. The van der Waals surface area contributed by atoms with Crippen molar-refractivity contribution >= 4 is 11.9 Å². The number of aryl methyl sites for hydroxylation is 1. The van der Waals surface area contributed by atoms with Gasteiger partial charge in [-0.3, -0.25) is 14.5 Å². The van der Waals surface area contributed by atoms with Crippen molar-refractivity contribution in [3.8, 4) is 0 Å². The Hall–Kier alpha value is -1.88. The lowest BCUT2D eigenvalue weighted by Crippen LogP contribution is -2.44. The van der Waals surface area contributed by atoms with E-state index in [1.807, 2.05) is 4.90 Å². The number of aliphatic carboxylic acids is 1. The molecule has 0 radical (unpaired) electrons. The maximum Gasteiger partial charge on any atom is 0.320 e. The number of carboxylic acid groups (broad SMARTS) is 1. The second-order valence-corrected chi connectivity index (χ2v) is 8.55. The molecule has 2 saturated heterocycles. The van der Waals surface area contributed by atoms with Crippen molar-refractivity contribution < 1.29 is 14.7 Å². The van der Waals surface area contributed by atoms with E-state index in [1.54, 1.807) is 0 Å². The first kappa shape index (κ1) is 17.5. The molecule has 140 valence electrons. The summed E-state index contributed by atoms with van der Waals surface area (Å²) in [6, 6.07) is 7.94. The van der Waals surface area contributed by atoms with Crippen LogP contribution in [0.4, 0.5) is 0 Å². The number of hydrogen-bond acceptors (Lipinski definition) is 3. The Kier molecular flexibility index (Phi) is 4.51. The lowest BCUT2D eigenvalue weighted by atomic mass is 9.76. The number of piperidine rings is 1. The number of likely N-dealkylation sites (tertiary alicyclic amines) is 2. The standard InChI is InChI=1S/C21H28N2O3/c1-15-2-4-16(5-3-15)13-23-14-21(12-18(23)20(25)26)8-10-22(11-9-21)19(24)17-6-7-17/h2-5,17-18H,6-14H2,1H3,(H,25,26). The maximum atomic E-state index is 12.3. The summed E-state index contributed by atoms with van der Waals surface area (Å²) in [7, 11) is 0. The van der Waals surface area contributed by atoms with Gasteiger partial charge < -0.3 is 10.0 Å². The van der Waals surface area contributed by atoms with Crippen LogP contribution in [-0.2, 0) is 16.1 Å². The quantitative estimate of drug-likeness (QED) is 0.901. The van der Waals surface area contributed by atoms with Gasteiger partial charge in [-0.15, -0.1) is 0 Å². The summed E-state index contributed by atoms with van der Waals surface area (Å²) in [5, 5.41) is 9.73. The van der Waals surface area contributed by atoms with Crippen LogP contribution in [0.2, 0.25) is 0 Å². The predicted octanol–water partition coefficient (Wildman–Crippen LogP) is 2.67. The van der Waals surface area contributed by atoms with Crippen LogP contribution in [0.5, 0.6) is 0 Å². The summed E-state index contributed by atoms with van der Waals surface area (Å²) in [4.78, 5) is 28.3. The Labute approximate surface area is 155 Å². The summed E-state index contributed by atoms with van der Waals surface area (Å²) in [5.74, 6) is -0.118. The molecule has 0 aromatic heterocycles. The summed E-state index contributed by atoms with van der Waals surface area (Å²) >= 11 is 0. The molecule has 1 saturated carbocycles. The van der Waals surface area contributed by atoms with E-state index in [0.29, 0.717) is 18.9 Å². The van der Waals surface area contributed by atoms with E-state index in [1.165, 1.54) is 11.1 Å². The molecule has 1 N–H and O–H groups in total. The van der Waals surface area contributed by atoms with Crippen molar-refractivity contribution in [2.75, 3.05) is 19.6 Å².